The first-order valence-electron chi connectivity index (χ1n) is 7.66. The van der Waals surface area contributed by atoms with E-state index >= 15 is 0 Å². The van der Waals surface area contributed by atoms with E-state index in [1.165, 1.54) is 7.11 Å². The number of ether oxygens (including phenoxy) is 2. The Hall–Kier alpha value is -1.10. The zero-order valence-electron chi connectivity index (χ0n) is 12.3. The Kier molecular flexibility index (Phi) is 5.40. The van der Waals surface area contributed by atoms with Gasteiger partial charge >= 0.3 is 5.97 Å². The van der Waals surface area contributed by atoms with Crippen LogP contribution in [0.4, 0.5) is 0 Å². The summed E-state index contributed by atoms with van der Waals surface area (Å²) in [5.41, 5.74) is -0.805. The van der Waals surface area contributed by atoms with Gasteiger partial charge < -0.3 is 14.8 Å². The second-order valence-corrected chi connectivity index (χ2v) is 5.86. The van der Waals surface area contributed by atoms with Crippen LogP contribution in [0.15, 0.2) is 0 Å². The van der Waals surface area contributed by atoms with Gasteiger partial charge in [-0.25, -0.2) is 4.79 Å². The van der Waals surface area contributed by atoms with Crippen molar-refractivity contribution < 1.29 is 19.1 Å². The van der Waals surface area contributed by atoms with E-state index in [0.29, 0.717) is 26.1 Å². The van der Waals surface area contributed by atoms with Gasteiger partial charge in [-0.05, 0) is 25.7 Å². The highest BCUT2D eigenvalue weighted by Crippen LogP contribution is 2.29. The Morgan fingerprint density at radius 3 is 2.25 bits per heavy atom. The molecule has 1 saturated heterocycles. The molecule has 5 nitrogen and oxygen atoms in total. The van der Waals surface area contributed by atoms with Crippen LogP contribution in [-0.2, 0) is 19.1 Å². The van der Waals surface area contributed by atoms with E-state index in [9.17, 15) is 9.59 Å². The first-order valence-corrected chi connectivity index (χ1v) is 7.66. The number of hydrogen-bond acceptors (Lipinski definition) is 4. The summed E-state index contributed by atoms with van der Waals surface area (Å²) in [5, 5.41) is 3.02. The van der Waals surface area contributed by atoms with E-state index in [2.05, 4.69) is 5.32 Å². The number of esters is 1. The van der Waals surface area contributed by atoms with E-state index in [4.69, 9.17) is 9.47 Å². The molecule has 2 aliphatic rings. The molecule has 1 saturated carbocycles. The van der Waals surface area contributed by atoms with Crippen LogP contribution in [0.1, 0.15) is 51.4 Å². The molecule has 0 spiro atoms. The lowest BCUT2D eigenvalue weighted by atomic mass is 9.88. The number of carbonyl (C=O) groups is 2. The minimum absolute atomic E-state index is 0.0133. The average Bonchev–Trinajstić information content (AvgIpc) is 2.74. The number of hydrogen-bond donors (Lipinski definition) is 1. The Balaban J connectivity index is 2.06. The monoisotopic (exact) mass is 283 g/mol. The first kappa shape index (κ1) is 15.3. The Morgan fingerprint density at radius 1 is 1.10 bits per heavy atom. The molecule has 5 heteroatoms. The van der Waals surface area contributed by atoms with E-state index in [0.717, 1.165) is 38.5 Å². The smallest absolute Gasteiger partial charge is 0.331 e. The molecule has 0 aromatic heterocycles. The molecule has 0 aromatic rings. The highest BCUT2D eigenvalue weighted by Gasteiger charge is 2.42. The van der Waals surface area contributed by atoms with E-state index in [1.54, 1.807) is 0 Å². The zero-order chi connectivity index (χ0) is 14.4. The molecule has 2 rings (SSSR count). The molecular weight excluding hydrogens is 258 g/mol. The molecule has 2 fully saturated rings. The van der Waals surface area contributed by atoms with Crippen molar-refractivity contribution in [1.29, 1.82) is 0 Å². The molecule has 1 aliphatic carbocycles. The summed E-state index contributed by atoms with van der Waals surface area (Å²) in [6.45, 7) is 1.26. The summed E-state index contributed by atoms with van der Waals surface area (Å²) >= 11 is 0. The summed E-state index contributed by atoms with van der Waals surface area (Å²) in [6, 6.07) is 0. The Morgan fingerprint density at radius 2 is 1.70 bits per heavy atom. The molecular formula is C15H25NO4. The summed E-state index contributed by atoms with van der Waals surface area (Å²) in [7, 11) is 1.40. The van der Waals surface area contributed by atoms with Gasteiger partial charge in [0.25, 0.3) is 0 Å². The maximum Gasteiger partial charge on any atom is 0.331 e. The first-order chi connectivity index (χ1) is 9.68. The fourth-order valence-electron chi connectivity index (χ4n) is 3.21. The maximum absolute atomic E-state index is 12.4. The minimum Gasteiger partial charge on any atom is -0.467 e. The molecule has 0 radical (unpaired) electrons. The minimum atomic E-state index is -0.805. The SMILES string of the molecule is COC(=O)C1(NC(=O)C2CCOCC2)CCCCCC1. The van der Waals surface area contributed by atoms with Crippen molar-refractivity contribution in [2.45, 2.75) is 56.9 Å². The van der Waals surface area contributed by atoms with Gasteiger partial charge in [0.1, 0.15) is 5.54 Å². The molecule has 0 atom stereocenters. The van der Waals surface area contributed by atoms with Crippen molar-refractivity contribution >= 4 is 11.9 Å². The lowest BCUT2D eigenvalue weighted by molar-refractivity contribution is -0.152. The van der Waals surface area contributed by atoms with Crippen LogP contribution in [0.2, 0.25) is 0 Å². The predicted molar refractivity (Wildman–Crippen MR) is 74.1 cm³/mol. The molecule has 1 amide bonds. The highest BCUT2D eigenvalue weighted by molar-refractivity contribution is 5.89. The number of carbonyl (C=O) groups excluding carboxylic acids is 2. The standard InChI is InChI=1S/C15H25NO4/c1-19-14(18)15(8-4-2-3-5-9-15)16-13(17)12-6-10-20-11-7-12/h12H,2-11H2,1H3,(H,16,17). The topological polar surface area (TPSA) is 64.6 Å². The maximum atomic E-state index is 12.4. The van der Waals surface area contributed by atoms with Gasteiger partial charge in [-0.1, -0.05) is 25.7 Å². The van der Waals surface area contributed by atoms with Crippen molar-refractivity contribution in [3.8, 4) is 0 Å². The van der Waals surface area contributed by atoms with Crippen LogP contribution in [-0.4, -0.2) is 37.7 Å². The second-order valence-electron chi connectivity index (χ2n) is 5.86. The van der Waals surface area contributed by atoms with Crippen LogP contribution in [0.3, 0.4) is 0 Å². The number of nitrogens with one attached hydrogen (secondary N) is 1. The third-order valence-corrected chi connectivity index (χ3v) is 4.49. The fourth-order valence-corrected chi connectivity index (χ4v) is 3.21. The molecule has 20 heavy (non-hydrogen) atoms. The van der Waals surface area contributed by atoms with Crippen LogP contribution >= 0.6 is 0 Å². The quantitative estimate of drug-likeness (QED) is 0.633. The third kappa shape index (κ3) is 3.51. The lowest BCUT2D eigenvalue weighted by Crippen LogP contribution is -2.56. The van der Waals surface area contributed by atoms with Crippen LogP contribution in [0, 0.1) is 5.92 Å². The van der Waals surface area contributed by atoms with Gasteiger partial charge in [0.05, 0.1) is 7.11 Å². The molecule has 114 valence electrons. The van der Waals surface area contributed by atoms with Gasteiger partial charge in [0, 0.05) is 19.1 Å². The summed E-state index contributed by atoms with van der Waals surface area (Å²) in [4.78, 5) is 24.6. The van der Waals surface area contributed by atoms with E-state index in [1.807, 2.05) is 0 Å². The van der Waals surface area contributed by atoms with E-state index in [-0.39, 0.29) is 17.8 Å². The predicted octanol–water partition coefficient (Wildman–Crippen LogP) is 1.80. The van der Waals surface area contributed by atoms with Crippen LogP contribution in [0.25, 0.3) is 0 Å². The van der Waals surface area contributed by atoms with Crippen LogP contribution < -0.4 is 5.32 Å². The summed E-state index contributed by atoms with van der Waals surface area (Å²) in [6.07, 6.45) is 7.01. The van der Waals surface area contributed by atoms with Crippen molar-refractivity contribution in [2.24, 2.45) is 5.92 Å². The molecule has 1 aliphatic heterocycles. The van der Waals surface area contributed by atoms with Gasteiger partial charge in [-0.15, -0.1) is 0 Å². The lowest BCUT2D eigenvalue weighted by Gasteiger charge is -2.33. The second kappa shape index (κ2) is 7.07. The third-order valence-electron chi connectivity index (χ3n) is 4.49. The number of rotatable bonds is 3. The highest BCUT2D eigenvalue weighted by atomic mass is 16.5. The zero-order valence-corrected chi connectivity index (χ0v) is 12.3. The molecule has 1 N–H and O–H groups in total. The Labute approximate surface area is 120 Å². The average molecular weight is 283 g/mol. The summed E-state index contributed by atoms with van der Waals surface area (Å²) < 4.78 is 10.2. The molecule has 0 aromatic carbocycles. The van der Waals surface area contributed by atoms with Crippen molar-refractivity contribution in [2.75, 3.05) is 20.3 Å². The summed E-state index contributed by atoms with van der Waals surface area (Å²) in [5.74, 6) is -0.339. The molecule has 1 heterocycles. The number of methoxy groups -OCH3 is 1. The van der Waals surface area contributed by atoms with E-state index < -0.39 is 5.54 Å². The Bertz CT molecular complexity index is 342. The van der Waals surface area contributed by atoms with Crippen LogP contribution in [0.5, 0.6) is 0 Å². The molecule has 0 bridgehead atoms. The fraction of sp³-hybridized carbons (Fsp3) is 0.867. The molecule has 0 unspecified atom stereocenters. The van der Waals surface area contributed by atoms with Crippen molar-refractivity contribution in [3.63, 3.8) is 0 Å². The normalized spacial score (nSPS) is 23.6. The van der Waals surface area contributed by atoms with Gasteiger partial charge in [0.2, 0.25) is 5.91 Å². The van der Waals surface area contributed by atoms with Gasteiger partial charge in [-0.2, -0.15) is 0 Å². The van der Waals surface area contributed by atoms with Crippen molar-refractivity contribution in [3.05, 3.63) is 0 Å². The van der Waals surface area contributed by atoms with Gasteiger partial charge in [-0.3, -0.25) is 4.79 Å². The largest absolute Gasteiger partial charge is 0.467 e. The number of amides is 1. The van der Waals surface area contributed by atoms with Crippen molar-refractivity contribution in [1.82, 2.24) is 5.32 Å². The van der Waals surface area contributed by atoms with Gasteiger partial charge in [0.15, 0.2) is 0 Å².